The second-order valence-corrected chi connectivity index (χ2v) is 6.16. The largest absolute Gasteiger partial charge is 0.506 e. The second-order valence-electron chi connectivity index (χ2n) is 4.30. The Labute approximate surface area is 141 Å². The van der Waals surface area contributed by atoms with Crippen molar-refractivity contribution in [2.75, 3.05) is 0 Å². The highest BCUT2D eigenvalue weighted by Crippen LogP contribution is 2.27. The maximum absolute atomic E-state index is 12.7. The normalized spacial score (nSPS) is 13.2. The third kappa shape index (κ3) is 4.52. The number of alkyl halides is 3. The summed E-state index contributed by atoms with van der Waals surface area (Å²) in [6.07, 6.45) is -4.37. The lowest BCUT2D eigenvalue weighted by Gasteiger charge is -2.07. The molecule has 8 heteroatoms. The van der Waals surface area contributed by atoms with Gasteiger partial charge < -0.3 is 5.11 Å². The zero-order valence-corrected chi connectivity index (χ0v) is 13.7. The van der Waals surface area contributed by atoms with E-state index in [9.17, 15) is 23.1 Å². The number of thiophene rings is 1. The van der Waals surface area contributed by atoms with Gasteiger partial charge in [-0.3, -0.25) is 9.79 Å². The molecule has 0 amide bonds. The van der Waals surface area contributed by atoms with Crippen molar-refractivity contribution >= 4 is 50.7 Å². The summed E-state index contributed by atoms with van der Waals surface area (Å²) in [5, 5.41) is 11.6. The monoisotopic (exact) mass is 403 g/mol. The zero-order valence-electron chi connectivity index (χ0n) is 11.3. The smallest absolute Gasteiger partial charge is 0.455 e. The number of allylic oxidation sites excluding steroid dienone is 1. The van der Waals surface area contributed by atoms with Crippen LogP contribution < -0.4 is 0 Å². The fraction of sp³-hybridized carbons (Fsp3) is 0.0667. The maximum atomic E-state index is 12.7. The number of aliphatic hydroxyl groups excluding tert-OH is 1. The number of benzene rings is 1. The first-order valence-electron chi connectivity index (χ1n) is 6.17. The zero-order chi connectivity index (χ0) is 17.0. The first kappa shape index (κ1) is 17.4. The van der Waals surface area contributed by atoms with Crippen molar-refractivity contribution in [1.29, 1.82) is 0 Å². The molecule has 0 spiro atoms. The van der Waals surface area contributed by atoms with E-state index in [-0.39, 0.29) is 4.88 Å². The Morgan fingerprint density at radius 2 is 1.87 bits per heavy atom. The number of Topliss-reactive ketones (excluding diaryl/α,β-unsaturated/α-hetero) is 1. The minimum absolute atomic E-state index is 0.153. The van der Waals surface area contributed by atoms with Gasteiger partial charge in [-0.2, -0.15) is 13.2 Å². The Bertz CT molecular complexity index is 750. The SMILES string of the molecule is O=C(/C(C=Nc1ccc(Br)cc1)=C(\O)c1cccs1)C(F)(F)F. The molecule has 2 rings (SSSR count). The molecule has 23 heavy (non-hydrogen) atoms. The molecular formula is C15H9BrF3NO2S. The summed E-state index contributed by atoms with van der Waals surface area (Å²) in [7, 11) is 0. The summed E-state index contributed by atoms with van der Waals surface area (Å²) >= 11 is 4.24. The van der Waals surface area contributed by atoms with Crippen molar-refractivity contribution in [3.8, 4) is 0 Å². The predicted octanol–water partition coefficient (Wildman–Crippen LogP) is 5.31. The highest BCUT2D eigenvalue weighted by Gasteiger charge is 2.41. The van der Waals surface area contributed by atoms with E-state index in [1.54, 1.807) is 35.7 Å². The van der Waals surface area contributed by atoms with E-state index >= 15 is 0 Å². The van der Waals surface area contributed by atoms with E-state index < -0.39 is 23.3 Å². The lowest BCUT2D eigenvalue weighted by molar-refractivity contribution is -0.165. The summed E-state index contributed by atoms with van der Waals surface area (Å²) in [4.78, 5) is 15.5. The standard InChI is InChI=1S/C15H9BrF3NO2S/c16-9-3-5-10(6-4-9)20-8-11(14(22)15(17,18)19)13(21)12-2-1-7-23-12/h1-8,21H/b13-11-,20-8?. The topological polar surface area (TPSA) is 49.7 Å². The van der Waals surface area contributed by atoms with Crippen molar-refractivity contribution in [3.05, 3.63) is 56.7 Å². The van der Waals surface area contributed by atoms with Crippen molar-refractivity contribution < 1.29 is 23.1 Å². The number of hydrogen-bond donors (Lipinski definition) is 1. The molecule has 0 fully saturated rings. The van der Waals surface area contributed by atoms with Gasteiger partial charge in [-0.15, -0.1) is 11.3 Å². The van der Waals surface area contributed by atoms with E-state index in [2.05, 4.69) is 20.9 Å². The van der Waals surface area contributed by atoms with Crippen LogP contribution in [0.25, 0.3) is 5.76 Å². The van der Waals surface area contributed by atoms with Crippen molar-refractivity contribution in [1.82, 2.24) is 0 Å². The quantitative estimate of drug-likeness (QED) is 0.427. The Morgan fingerprint density at radius 1 is 1.22 bits per heavy atom. The summed E-state index contributed by atoms with van der Waals surface area (Å²) in [6.45, 7) is 0. The van der Waals surface area contributed by atoms with Gasteiger partial charge in [-0.25, -0.2) is 0 Å². The van der Waals surface area contributed by atoms with Crippen LogP contribution >= 0.6 is 27.3 Å². The van der Waals surface area contributed by atoms with Gasteiger partial charge >= 0.3 is 6.18 Å². The molecule has 0 saturated carbocycles. The highest BCUT2D eigenvalue weighted by molar-refractivity contribution is 9.10. The van der Waals surface area contributed by atoms with Crippen LogP contribution in [0, 0.1) is 0 Å². The number of ketones is 1. The summed E-state index contributed by atoms with van der Waals surface area (Å²) in [5.74, 6) is -2.90. The Morgan fingerprint density at radius 3 is 2.39 bits per heavy atom. The molecule has 1 aromatic carbocycles. The lowest BCUT2D eigenvalue weighted by atomic mass is 10.1. The van der Waals surface area contributed by atoms with Crippen LogP contribution in [-0.4, -0.2) is 23.3 Å². The van der Waals surface area contributed by atoms with E-state index in [4.69, 9.17) is 0 Å². The molecule has 0 aliphatic carbocycles. The van der Waals surface area contributed by atoms with Crippen LogP contribution in [0.5, 0.6) is 0 Å². The number of nitrogens with zero attached hydrogens (tertiary/aromatic N) is 1. The van der Waals surface area contributed by atoms with Crippen molar-refractivity contribution in [2.24, 2.45) is 4.99 Å². The van der Waals surface area contributed by atoms with Crippen molar-refractivity contribution in [3.63, 3.8) is 0 Å². The number of aliphatic imine (C=N–C) groups is 1. The molecule has 2 aromatic rings. The third-order valence-corrected chi connectivity index (χ3v) is 4.09. The number of aliphatic hydroxyl groups is 1. The fourth-order valence-electron chi connectivity index (χ4n) is 1.59. The molecule has 120 valence electrons. The molecule has 1 heterocycles. The minimum atomic E-state index is -5.10. The first-order chi connectivity index (χ1) is 10.8. The van der Waals surface area contributed by atoms with Crippen LogP contribution in [0.3, 0.4) is 0 Å². The predicted molar refractivity (Wildman–Crippen MR) is 87.2 cm³/mol. The average molecular weight is 404 g/mol. The van der Waals surface area contributed by atoms with E-state index in [1.165, 1.54) is 6.07 Å². The van der Waals surface area contributed by atoms with Gasteiger partial charge in [0.25, 0.3) is 5.78 Å². The van der Waals surface area contributed by atoms with Gasteiger partial charge in [0.1, 0.15) is 5.76 Å². The second kappa shape index (κ2) is 7.10. The average Bonchev–Trinajstić information content (AvgIpc) is 3.02. The van der Waals surface area contributed by atoms with Gasteiger partial charge in [0, 0.05) is 10.7 Å². The molecular weight excluding hydrogens is 395 g/mol. The first-order valence-corrected chi connectivity index (χ1v) is 7.84. The van der Waals surface area contributed by atoms with E-state index in [1.807, 2.05) is 0 Å². The molecule has 0 bridgehead atoms. The molecule has 0 atom stereocenters. The van der Waals surface area contributed by atoms with E-state index in [0.717, 1.165) is 22.0 Å². The number of halogens is 4. The highest BCUT2D eigenvalue weighted by atomic mass is 79.9. The Balaban J connectivity index is 2.44. The lowest BCUT2D eigenvalue weighted by Crippen LogP contribution is -2.26. The Hall–Kier alpha value is -1.93. The van der Waals surface area contributed by atoms with E-state index in [0.29, 0.717) is 5.69 Å². The van der Waals surface area contributed by atoms with Crippen LogP contribution in [-0.2, 0) is 4.79 Å². The number of hydrogen-bond acceptors (Lipinski definition) is 4. The van der Waals surface area contributed by atoms with Crippen LogP contribution in [0.2, 0.25) is 0 Å². The Kier molecular flexibility index (Phi) is 5.38. The molecule has 0 aliphatic heterocycles. The van der Waals surface area contributed by atoms with Crippen LogP contribution in [0.1, 0.15) is 4.88 Å². The van der Waals surface area contributed by atoms with Gasteiger partial charge in [0.05, 0.1) is 16.1 Å². The molecule has 0 aliphatic rings. The molecule has 0 radical (unpaired) electrons. The molecule has 1 aromatic heterocycles. The van der Waals surface area contributed by atoms with Crippen molar-refractivity contribution in [2.45, 2.75) is 6.18 Å². The number of carbonyl (C=O) groups is 1. The molecule has 0 saturated heterocycles. The molecule has 1 N–H and O–H groups in total. The van der Waals surface area contributed by atoms with Crippen LogP contribution in [0.15, 0.2) is 56.8 Å². The fourth-order valence-corrected chi connectivity index (χ4v) is 2.54. The maximum Gasteiger partial charge on any atom is 0.455 e. The molecule has 3 nitrogen and oxygen atoms in total. The van der Waals surface area contributed by atoms with Gasteiger partial charge in [-0.1, -0.05) is 22.0 Å². The summed E-state index contributed by atoms with van der Waals surface area (Å²) in [5.41, 5.74) is -0.553. The number of rotatable bonds is 4. The van der Waals surface area contributed by atoms with Gasteiger partial charge in [0.15, 0.2) is 0 Å². The molecule has 0 unspecified atom stereocenters. The summed E-state index contributed by atoms with van der Waals surface area (Å²) < 4.78 is 38.9. The minimum Gasteiger partial charge on any atom is -0.506 e. The number of carbonyl (C=O) groups excluding carboxylic acids is 1. The third-order valence-electron chi connectivity index (χ3n) is 2.68. The van der Waals surface area contributed by atoms with Gasteiger partial charge in [0.2, 0.25) is 0 Å². The van der Waals surface area contributed by atoms with Crippen LogP contribution in [0.4, 0.5) is 18.9 Å². The van der Waals surface area contributed by atoms with Gasteiger partial charge in [-0.05, 0) is 35.7 Å². The summed E-state index contributed by atoms with van der Waals surface area (Å²) in [6, 6.07) is 9.38.